The Morgan fingerprint density at radius 3 is 2.56 bits per heavy atom. The Morgan fingerprint density at radius 1 is 1.14 bits per heavy atom. The van der Waals surface area contributed by atoms with Crippen molar-refractivity contribution in [2.75, 3.05) is 24.6 Å². The minimum Gasteiger partial charge on any atom is -0.491 e. The van der Waals surface area contributed by atoms with Crippen LogP contribution in [0.25, 0.3) is 11.0 Å². The molecule has 1 aromatic carbocycles. The van der Waals surface area contributed by atoms with Gasteiger partial charge in [0, 0.05) is 37.3 Å². The van der Waals surface area contributed by atoms with Gasteiger partial charge in [0.2, 0.25) is 5.91 Å². The Bertz CT molecular complexity index is 1320. The molecule has 36 heavy (non-hydrogen) atoms. The van der Waals surface area contributed by atoms with Crippen LogP contribution >= 0.6 is 0 Å². The molecule has 1 N–H and O–H groups in total. The number of piperidine rings is 1. The van der Waals surface area contributed by atoms with Gasteiger partial charge in [-0.25, -0.2) is 9.97 Å². The normalized spacial score (nSPS) is 16.2. The summed E-state index contributed by atoms with van der Waals surface area (Å²) in [4.78, 5) is 53.9. The third-order valence-corrected chi connectivity index (χ3v) is 7.15. The summed E-state index contributed by atoms with van der Waals surface area (Å²) >= 11 is 0. The molecule has 2 fully saturated rings. The first-order chi connectivity index (χ1) is 17.3. The summed E-state index contributed by atoms with van der Waals surface area (Å²) in [5.41, 5.74) is 3.51. The van der Waals surface area contributed by atoms with Crippen LogP contribution in [0, 0.1) is 12.8 Å². The number of aromatic nitrogens is 3. The number of ketones is 1. The molecule has 1 saturated heterocycles. The lowest BCUT2D eigenvalue weighted by Gasteiger charge is -2.39. The number of amides is 2. The number of H-pyrrole nitrogens is 1. The van der Waals surface area contributed by atoms with Gasteiger partial charge in [0.1, 0.15) is 17.6 Å². The molecular formula is C27H31N5O4. The van der Waals surface area contributed by atoms with Crippen LogP contribution < -0.4 is 9.64 Å². The molecule has 0 spiro atoms. The number of carbonyl (C=O) groups excluding carboxylic acids is 3. The van der Waals surface area contributed by atoms with Crippen molar-refractivity contribution in [2.45, 2.75) is 52.5 Å². The zero-order chi connectivity index (χ0) is 25.4. The molecule has 0 unspecified atom stereocenters. The zero-order valence-electron chi connectivity index (χ0n) is 20.9. The average molecular weight is 490 g/mol. The third kappa shape index (κ3) is 4.69. The van der Waals surface area contributed by atoms with E-state index in [-0.39, 0.29) is 23.6 Å². The van der Waals surface area contributed by atoms with Crippen molar-refractivity contribution in [3.63, 3.8) is 0 Å². The van der Waals surface area contributed by atoms with Crippen molar-refractivity contribution < 1.29 is 19.1 Å². The molecule has 1 aliphatic heterocycles. The second-order valence-corrected chi connectivity index (χ2v) is 9.82. The van der Waals surface area contributed by atoms with Gasteiger partial charge in [-0.1, -0.05) is 0 Å². The number of rotatable bonds is 7. The predicted octanol–water partition coefficient (Wildman–Crippen LogP) is 3.92. The van der Waals surface area contributed by atoms with E-state index in [9.17, 15) is 14.4 Å². The first kappa shape index (κ1) is 24.0. The van der Waals surface area contributed by atoms with E-state index in [0.29, 0.717) is 77.7 Å². The molecule has 9 heteroatoms. The van der Waals surface area contributed by atoms with Crippen molar-refractivity contribution in [3.05, 3.63) is 47.5 Å². The van der Waals surface area contributed by atoms with Gasteiger partial charge < -0.3 is 19.5 Å². The first-order valence-corrected chi connectivity index (χ1v) is 12.5. The lowest BCUT2D eigenvalue weighted by molar-refractivity contribution is -0.129. The highest BCUT2D eigenvalue weighted by Gasteiger charge is 2.35. The molecule has 1 aliphatic carbocycles. The Hall–Kier alpha value is -3.75. The summed E-state index contributed by atoms with van der Waals surface area (Å²) in [6.07, 6.45) is 6.61. The fourth-order valence-corrected chi connectivity index (χ4v) is 4.89. The predicted molar refractivity (Wildman–Crippen MR) is 135 cm³/mol. The number of hydrogen-bond acceptors (Lipinski definition) is 6. The number of benzene rings is 1. The van der Waals surface area contributed by atoms with Gasteiger partial charge in [0.05, 0.1) is 29.6 Å². The molecule has 0 atom stereocenters. The van der Waals surface area contributed by atoms with E-state index < -0.39 is 0 Å². The second kappa shape index (κ2) is 9.72. The molecule has 188 valence electrons. The number of aryl methyl sites for hydroxylation is 1. The van der Waals surface area contributed by atoms with Gasteiger partial charge in [-0.3, -0.25) is 14.4 Å². The van der Waals surface area contributed by atoms with Crippen LogP contribution in [0.1, 0.15) is 65.9 Å². The van der Waals surface area contributed by atoms with Crippen molar-refractivity contribution in [2.24, 2.45) is 5.92 Å². The van der Waals surface area contributed by atoms with Gasteiger partial charge in [-0.15, -0.1) is 0 Å². The van der Waals surface area contributed by atoms with E-state index in [1.165, 1.54) is 13.3 Å². The highest BCUT2D eigenvalue weighted by molar-refractivity contribution is 6.15. The monoisotopic (exact) mass is 489 g/mol. The van der Waals surface area contributed by atoms with E-state index >= 15 is 0 Å². The van der Waals surface area contributed by atoms with E-state index in [4.69, 9.17) is 4.74 Å². The lowest BCUT2D eigenvalue weighted by Crippen LogP contribution is -2.49. The fourth-order valence-electron chi connectivity index (χ4n) is 4.89. The van der Waals surface area contributed by atoms with Gasteiger partial charge in [-0.2, -0.15) is 0 Å². The number of ether oxygens (including phenoxy) is 1. The smallest absolute Gasteiger partial charge is 0.262 e. The van der Waals surface area contributed by atoms with Crippen LogP contribution in [-0.4, -0.2) is 63.2 Å². The standard InChI is InChI=1S/C27H31N5O4/c1-16-25(26-22(30-16)13-28-15-29-26)27(35)32(21-8-10-31(11-9-21)18(3)34)23-12-20(17(2)33)6-7-24(23)36-14-19-4-5-19/h6-7,12-13,15,19,21,30H,4-5,8-11,14H2,1-3H3. The van der Waals surface area contributed by atoms with Crippen molar-refractivity contribution >= 4 is 34.3 Å². The molecule has 9 nitrogen and oxygen atoms in total. The minimum atomic E-state index is -0.212. The average Bonchev–Trinajstić information content (AvgIpc) is 3.63. The van der Waals surface area contributed by atoms with Gasteiger partial charge in [-0.05, 0) is 63.6 Å². The van der Waals surface area contributed by atoms with E-state index in [1.54, 1.807) is 41.1 Å². The van der Waals surface area contributed by atoms with Crippen LogP contribution in [0.2, 0.25) is 0 Å². The number of anilines is 1. The number of hydrogen-bond donors (Lipinski definition) is 1. The summed E-state index contributed by atoms with van der Waals surface area (Å²) in [6.45, 7) is 6.63. The third-order valence-electron chi connectivity index (χ3n) is 7.15. The molecule has 5 rings (SSSR count). The summed E-state index contributed by atoms with van der Waals surface area (Å²) in [6, 6.07) is 5.13. The minimum absolute atomic E-state index is 0.0301. The van der Waals surface area contributed by atoms with Gasteiger partial charge in [0.15, 0.2) is 5.78 Å². The molecule has 3 aromatic rings. The highest BCUT2D eigenvalue weighted by Crippen LogP contribution is 2.38. The fraction of sp³-hybridized carbons (Fsp3) is 0.444. The second-order valence-electron chi connectivity index (χ2n) is 9.82. The first-order valence-electron chi connectivity index (χ1n) is 12.5. The van der Waals surface area contributed by atoms with Crippen molar-refractivity contribution in [1.29, 1.82) is 0 Å². The number of nitrogens with zero attached hydrogens (tertiary/aromatic N) is 4. The van der Waals surface area contributed by atoms with Gasteiger partial charge in [0.25, 0.3) is 5.91 Å². The number of fused-ring (bicyclic) bond motifs is 1. The Balaban J connectivity index is 1.60. The highest BCUT2D eigenvalue weighted by atomic mass is 16.5. The Kier molecular flexibility index (Phi) is 6.47. The van der Waals surface area contributed by atoms with Crippen molar-refractivity contribution in [1.82, 2.24) is 19.9 Å². The SMILES string of the molecule is CC(=O)c1ccc(OCC2CC2)c(N(C(=O)c2c(C)[nH]c3cncnc23)C2CCN(C(C)=O)CC2)c1. The molecule has 3 heterocycles. The topological polar surface area (TPSA) is 108 Å². The van der Waals surface area contributed by atoms with Crippen LogP contribution in [0.4, 0.5) is 5.69 Å². The summed E-state index contributed by atoms with van der Waals surface area (Å²) in [5, 5.41) is 0. The number of likely N-dealkylation sites (tertiary alicyclic amines) is 1. The van der Waals surface area contributed by atoms with Crippen LogP contribution in [0.5, 0.6) is 5.75 Å². The summed E-state index contributed by atoms with van der Waals surface area (Å²) in [7, 11) is 0. The van der Waals surface area contributed by atoms with E-state index in [1.807, 2.05) is 6.92 Å². The Labute approximate surface area is 209 Å². The van der Waals surface area contributed by atoms with Crippen LogP contribution in [-0.2, 0) is 4.79 Å². The molecule has 0 bridgehead atoms. The zero-order valence-corrected chi connectivity index (χ0v) is 20.9. The maximum absolute atomic E-state index is 14.4. The largest absolute Gasteiger partial charge is 0.491 e. The number of aromatic amines is 1. The molecular weight excluding hydrogens is 458 g/mol. The Morgan fingerprint density at radius 2 is 1.89 bits per heavy atom. The summed E-state index contributed by atoms with van der Waals surface area (Å²) in [5.74, 6) is 0.847. The maximum Gasteiger partial charge on any atom is 0.262 e. The van der Waals surface area contributed by atoms with Crippen LogP contribution in [0.15, 0.2) is 30.7 Å². The molecule has 1 saturated carbocycles. The summed E-state index contributed by atoms with van der Waals surface area (Å²) < 4.78 is 6.21. The van der Waals surface area contributed by atoms with Gasteiger partial charge >= 0.3 is 0 Å². The molecule has 2 aromatic heterocycles. The quantitative estimate of drug-likeness (QED) is 0.504. The molecule has 0 radical (unpaired) electrons. The van der Waals surface area contributed by atoms with E-state index in [2.05, 4.69) is 15.0 Å². The maximum atomic E-state index is 14.4. The molecule has 2 amide bonds. The number of Topliss-reactive ketones (excluding diaryl/α,β-unsaturated/α-hetero) is 1. The van der Waals surface area contributed by atoms with E-state index in [0.717, 1.165) is 12.8 Å². The van der Waals surface area contributed by atoms with Crippen molar-refractivity contribution in [3.8, 4) is 5.75 Å². The molecule has 2 aliphatic rings. The number of carbonyl (C=O) groups is 3. The number of nitrogens with one attached hydrogen (secondary N) is 1. The van der Waals surface area contributed by atoms with Crippen LogP contribution in [0.3, 0.4) is 0 Å². The lowest BCUT2D eigenvalue weighted by atomic mass is 9.99.